The number of carboxylic acids is 2. The zero-order valence-corrected chi connectivity index (χ0v) is 17.2. The molecule has 150 valence electrons. The molecule has 1 aromatic heterocycles. The van der Waals surface area contributed by atoms with E-state index in [0.717, 1.165) is 27.8 Å². The van der Waals surface area contributed by atoms with E-state index in [1.807, 2.05) is 32.0 Å². The third-order valence-electron chi connectivity index (χ3n) is 4.48. The van der Waals surface area contributed by atoms with Gasteiger partial charge in [0.2, 0.25) is 0 Å². The maximum Gasteiger partial charge on any atom is 0.327 e. The maximum absolute atomic E-state index is 12.7. The lowest BCUT2D eigenvalue weighted by Gasteiger charge is -2.21. The standard InChI is InChI=1S/C20H17NO6S2/c1-10-3-4-12(7-11(10)2)15-6-5-13(27-15)8-16-18(24)21(20(28)29-16)14(19(25)26)9-17(22)23/h3-8,14H,9H2,1-2H3,(H,22,23)(H,25,26)/b16-8-. The molecule has 1 saturated heterocycles. The Balaban J connectivity index is 1.86. The SMILES string of the molecule is Cc1ccc(-c2ccc(/C=C3\SC(=S)N(C(CC(=O)O)C(=O)O)C3=O)o2)cc1C. The van der Waals surface area contributed by atoms with Crippen molar-refractivity contribution in [2.45, 2.75) is 26.3 Å². The minimum absolute atomic E-state index is 0.00385. The summed E-state index contributed by atoms with van der Waals surface area (Å²) in [5, 5.41) is 18.2. The number of hydrogen-bond donors (Lipinski definition) is 2. The fourth-order valence-corrected chi connectivity index (χ4v) is 4.15. The second-order valence-corrected chi connectivity index (χ2v) is 8.18. The predicted octanol–water partition coefficient (Wildman–Crippen LogP) is 3.69. The maximum atomic E-state index is 12.7. The Morgan fingerprint density at radius 1 is 1.21 bits per heavy atom. The molecule has 0 radical (unpaired) electrons. The van der Waals surface area contributed by atoms with E-state index < -0.39 is 30.3 Å². The number of carboxylic acid groups (broad SMARTS) is 2. The van der Waals surface area contributed by atoms with Crippen LogP contribution in [0.4, 0.5) is 0 Å². The first-order valence-electron chi connectivity index (χ1n) is 8.56. The van der Waals surface area contributed by atoms with Gasteiger partial charge in [0.05, 0.1) is 11.3 Å². The van der Waals surface area contributed by atoms with Gasteiger partial charge in [-0.2, -0.15) is 0 Å². The number of carbonyl (C=O) groups is 3. The Morgan fingerprint density at radius 2 is 1.93 bits per heavy atom. The number of carbonyl (C=O) groups excluding carboxylic acids is 1. The first kappa shape index (κ1) is 20.8. The lowest BCUT2D eigenvalue weighted by molar-refractivity contribution is -0.150. The van der Waals surface area contributed by atoms with E-state index in [1.54, 1.807) is 12.1 Å². The van der Waals surface area contributed by atoms with Crippen LogP contribution in [0, 0.1) is 13.8 Å². The van der Waals surface area contributed by atoms with E-state index in [1.165, 1.54) is 11.6 Å². The average Bonchev–Trinajstić information content (AvgIpc) is 3.20. The predicted molar refractivity (Wildman–Crippen MR) is 112 cm³/mol. The van der Waals surface area contributed by atoms with Crippen molar-refractivity contribution in [1.29, 1.82) is 0 Å². The number of thiocarbonyl (C=S) groups is 1. The normalized spacial score (nSPS) is 16.5. The van der Waals surface area contributed by atoms with Crippen LogP contribution in [0.15, 0.2) is 39.7 Å². The number of nitrogens with zero attached hydrogens (tertiary/aromatic N) is 1. The summed E-state index contributed by atoms with van der Waals surface area (Å²) in [5.41, 5.74) is 3.19. The number of aliphatic carboxylic acids is 2. The minimum Gasteiger partial charge on any atom is -0.481 e. The van der Waals surface area contributed by atoms with Crippen molar-refractivity contribution in [1.82, 2.24) is 4.90 Å². The lowest BCUT2D eigenvalue weighted by atomic mass is 10.1. The van der Waals surface area contributed by atoms with Gasteiger partial charge in [-0.3, -0.25) is 14.5 Å². The summed E-state index contributed by atoms with van der Waals surface area (Å²) in [6.45, 7) is 4.02. The number of aryl methyl sites for hydroxylation is 2. The van der Waals surface area contributed by atoms with Gasteiger partial charge in [-0.1, -0.05) is 36.1 Å². The van der Waals surface area contributed by atoms with Crippen LogP contribution in [0.5, 0.6) is 0 Å². The van der Waals surface area contributed by atoms with Crippen molar-refractivity contribution in [3.63, 3.8) is 0 Å². The van der Waals surface area contributed by atoms with Gasteiger partial charge in [0.15, 0.2) is 0 Å². The van der Waals surface area contributed by atoms with E-state index in [9.17, 15) is 19.5 Å². The van der Waals surface area contributed by atoms with Crippen molar-refractivity contribution in [3.8, 4) is 11.3 Å². The fourth-order valence-electron chi connectivity index (χ4n) is 2.81. The van der Waals surface area contributed by atoms with Crippen LogP contribution in [0.3, 0.4) is 0 Å². The van der Waals surface area contributed by atoms with Gasteiger partial charge < -0.3 is 14.6 Å². The highest BCUT2D eigenvalue weighted by molar-refractivity contribution is 8.26. The van der Waals surface area contributed by atoms with E-state index in [0.29, 0.717) is 11.5 Å². The van der Waals surface area contributed by atoms with Gasteiger partial charge in [0.1, 0.15) is 21.9 Å². The first-order valence-corrected chi connectivity index (χ1v) is 9.79. The summed E-state index contributed by atoms with van der Waals surface area (Å²) in [7, 11) is 0. The molecule has 29 heavy (non-hydrogen) atoms. The molecule has 1 aromatic carbocycles. The van der Waals surface area contributed by atoms with Crippen LogP contribution in [0.25, 0.3) is 17.4 Å². The highest BCUT2D eigenvalue weighted by Crippen LogP contribution is 2.35. The molecule has 0 saturated carbocycles. The Hall–Kier alpha value is -2.91. The molecular weight excluding hydrogens is 414 g/mol. The fraction of sp³-hybridized carbons (Fsp3) is 0.200. The Labute approximate surface area is 176 Å². The third-order valence-corrected chi connectivity index (χ3v) is 5.81. The lowest BCUT2D eigenvalue weighted by Crippen LogP contribution is -2.45. The van der Waals surface area contributed by atoms with E-state index in [4.69, 9.17) is 21.7 Å². The molecule has 2 aromatic rings. The van der Waals surface area contributed by atoms with Crippen molar-refractivity contribution in [3.05, 3.63) is 52.1 Å². The van der Waals surface area contributed by atoms with Gasteiger partial charge in [-0.25, -0.2) is 4.79 Å². The molecule has 0 spiro atoms. The number of benzene rings is 1. The van der Waals surface area contributed by atoms with E-state index in [-0.39, 0.29) is 9.23 Å². The number of thioether (sulfide) groups is 1. The van der Waals surface area contributed by atoms with Crippen LogP contribution in [0.2, 0.25) is 0 Å². The van der Waals surface area contributed by atoms with Crippen LogP contribution in [0.1, 0.15) is 23.3 Å². The molecule has 0 aliphatic carbocycles. The Morgan fingerprint density at radius 3 is 2.55 bits per heavy atom. The summed E-state index contributed by atoms with van der Waals surface area (Å²) in [6, 6.07) is 7.85. The zero-order chi connectivity index (χ0) is 21.3. The van der Waals surface area contributed by atoms with Crippen molar-refractivity contribution < 1.29 is 29.0 Å². The molecule has 2 heterocycles. The number of rotatable bonds is 6. The molecule has 2 N–H and O–H groups in total. The largest absolute Gasteiger partial charge is 0.481 e. The van der Waals surface area contributed by atoms with Crippen molar-refractivity contribution in [2.24, 2.45) is 0 Å². The van der Waals surface area contributed by atoms with Gasteiger partial charge in [-0.05, 0) is 43.2 Å². The highest BCUT2D eigenvalue weighted by atomic mass is 32.2. The molecule has 1 atom stereocenters. The van der Waals surface area contributed by atoms with Gasteiger partial charge in [0, 0.05) is 11.6 Å². The third kappa shape index (κ3) is 4.41. The zero-order valence-electron chi connectivity index (χ0n) is 15.5. The summed E-state index contributed by atoms with van der Waals surface area (Å²) in [5.74, 6) is -2.38. The van der Waals surface area contributed by atoms with Gasteiger partial charge >= 0.3 is 11.9 Å². The van der Waals surface area contributed by atoms with Crippen molar-refractivity contribution in [2.75, 3.05) is 0 Å². The highest BCUT2D eigenvalue weighted by Gasteiger charge is 2.41. The molecule has 9 heteroatoms. The second kappa shape index (κ2) is 8.22. The summed E-state index contributed by atoms with van der Waals surface area (Å²) >= 11 is 6.02. The van der Waals surface area contributed by atoms with Crippen LogP contribution < -0.4 is 0 Å². The first-order chi connectivity index (χ1) is 13.7. The van der Waals surface area contributed by atoms with Gasteiger partial charge in [0.25, 0.3) is 5.91 Å². The molecule has 1 unspecified atom stereocenters. The monoisotopic (exact) mass is 431 g/mol. The summed E-state index contributed by atoms with van der Waals surface area (Å²) < 4.78 is 5.80. The smallest absolute Gasteiger partial charge is 0.327 e. The number of amides is 1. The summed E-state index contributed by atoms with van der Waals surface area (Å²) in [6.07, 6.45) is 0.732. The molecule has 3 rings (SSSR count). The van der Waals surface area contributed by atoms with Crippen LogP contribution >= 0.6 is 24.0 Å². The van der Waals surface area contributed by atoms with E-state index in [2.05, 4.69) is 0 Å². The Bertz CT molecular complexity index is 1050. The topological polar surface area (TPSA) is 108 Å². The molecule has 1 amide bonds. The van der Waals surface area contributed by atoms with Crippen LogP contribution in [-0.2, 0) is 14.4 Å². The summed E-state index contributed by atoms with van der Waals surface area (Å²) in [4.78, 5) is 36.0. The molecule has 0 bridgehead atoms. The molecule has 7 nitrogen and oxygen atoms in total. The quantitative estimate of drug-likeness (QED) is 0.527. The minimum atomic E-state index is -1.56. The molecule has 1 fully saturated rings. The van der Waals surface area contributed by atoms with Crippen LogP contribution in [-0.4, -0.2) is 43.3 Å². The molecule has 1 aliphatic rings. The number of furan rings is 1. The Kier molecular flexibility index (Phi) is 5.90. The second-order valence-electron chi connectivity index (χ2n) is 6.50. The molecule has 1 aliphatic heterocycles. The van der Waals surface area contributed by atoms with Crippen molar-refractivity contribution >= 4 is 52.2 Å². The van der Waals surface area contributed by atoms with E-state index >= 15 is 0 Å². The number of hydrogen-bond acceptors (Lipinski definition) is 6. The molecular formula is C20H17NO6S2. The van der Waals surface area contributed by atoms with Gasteiger partial charge in [-0.15, -0.1) is 0 Å². The average molecular weight is 431 g/mol.